The molecule has 0 aliphatic carbocycles. The van der Waals surface area contributed by atoms with Crippen LogP contribution in [0.3, 0.4) is 0 Å². The molecule has 6 heteroatoms. The van der Waals surface area contributed by atoms with Crippen molar-refractivity contribution in [2.45, 2.75) is 17.2 Å². The first kappa shape index (κ1) is 14.8. The number of benzene rings is 1. The highest BCUT2D eigenvalue weighted by Gasteiger charge is 2.32. The summed E-state index contributed by atoms with van der Waals surface area (Å²) in [6.45, 7) is -0.180. The van der Waals surface area contributed by atoms with Gasteiger partial charge in [0, 0.05) is 22.5 Å². The monoisotopic (exact) mass is 349 g/mol. The van der Waals surface area contributed by atoms with Gasteiger partial charge in [-0.15, -0.1) is 11.8 Å². The zero-order valence-corrected chi connectivity index (χ0v) is 12.6. The van der Waals surface area contributed by atoms with E-state index in [1.165, 1.54) is 4.90 Å². The first-order valence-corrected chi connectivity index (χ1v) is 8.08. The van der Waals surface area contributed by atoms with Gasteiger partial charge < -0.3 is 4.90 Å². The van der Waals surface area contributed by atoms with Gasteiger partial charge in [-0.2, -0.15) is 0 Å². The van der Waals surface area contributed by atoms with E-state index in [2.05, 4.69) is 15.9 Å². The molecule has 1 amide bonds. The van der Waals surface area contributed by atoms with Crippen molar-refractivity contribution in [3.8, 4) is 0 Å². The lowest BCUT2D eigenvalue weighted by atomic mass is 10.00. The van der Waals surface area contributed by atoms with Gasteiger partial charge >= 0.3 is 0 Å². The molecule has 0 bridgehead atoms. The quantitative estimate of drug-likeness (QED) is 0.759. The maximum absolute atomic E-state index is 12.5. The minimum atomic E-state index is -2.49. The summed E-state index contributed by atoms with van der Waals surface area (Å²) in [4.78, 5) is 14.7. The van der Waals surface area contributed by atoms with Crippen LogP contribution in [-0.4, -0.2) is 41.4 Å². The molecular weight excluding hydrogens is 336 g/mol. The molecule has 19 heavy (non-hydrogen) atoms. The van der Waals surface area contributed by atoms with Crippen molar-refractivity contribution >= 4 is 33.6 Å². The number of fused-ring (bicyclic) bond motifs is 1. The molecule has 1 aliphatic heterocycles. The Kier molecular flexibility index (Phi) is 5.21. The Morgan fingerprint density at radius 2 is 2.21 bits per heavy atom. The number of amides is 1. The second-order valence-electron chi connectivity index (χ2n) is 4.27. The number of hydrogen-bond acceptors (Lipinski definition) is 2. The van der Waals surface area contributed by atoms with Crippen LogP contribution in [0.25, 0.3) is 0 Å². The minimum absolute atomic E-state index is 0.197. The fraction of sp³-hybridized carbons (Fsp3) is 0.462. The van der Waals surface area contributed by atoms with Crippen LogP contribution in [0.5, 0.6) is 0 Å². The zero-order valence-electron chi connectivity index (χ0n) is 10.2. The van der Waals surface area contributed by atoms with Crippen LogP contribution in [0.4, 0.5) is 8.78 Å². The molecule has 1 aromatic carbocycles. The summed E-state index contributed by atoms with van der Waals surface area (Å²) >= 11 is 4.82. The van der Waals surface area contributed by atoms with Gasteiger partial charge in [0.15, 0.2) is 0 Å². The van der Waals surface area contributed by atoms with Gasteiger partial charge in [0.25, 0.3) is 6.43 Å². The molecule has 2 rings (SSSR count). The van der Waals surface area contributed by atoms with Crippen molar-refractivity contribution in [2.75, 3.05) is 24.2 Å². The molecule has 0 saturated carbocycles. The first-order valence-electron chi connectivity index (χ1n) is 5.98. The third kappa shape index (κ3) is 3.48. The first-order chi connectivity index (χ1) is 9.13. The molecule has 0 spiro atoms. The van der Waals surface area contributed by atoms with E-state index < -0.39 is 13.0 Å². The van der Waals surface area contributed by atoms with Gasteiger partial charge in [0.1, 0.15) is 0 Å². The van der Waals surface area contributed by atoms with Crippen LogP contribution in [-0.2, 0) is 4.79 Å². The zero-order chi connectivity index (χ0) is 13.8. The standard InChI is InChI=1S/C13H14BrF2NOS/c14-5-6-17(7-12(15)16)13(18)10-8-19-11-4-2-1-3-9(10)11/h1-4,10,12H,5-8H2. The Morgan fingerprint density at radius 3 is 2.89 bits per heavy atom. The maximum Gasteiger partial charge on any atom is 0.255 e. The number of hydrogen-bond donors (Lipinski definition) is 0. The molecule has 104 valence electrons. The van der Waals surface area contributed by atoms with Crippen LogP contribution in [0.1, 0.15) is 11.5 Å². The Hall–Kier alpha value is -0.620. The molecule has 0 aromatic heterocycles. The van der Waals surface area contributed by atoms with Gasteiger partial charge in [-0.25, -0.2) is 8.78 Å². The highest BCUT2D eigenvalue weighted by atomic mass is 79.9. The summed E-state index contributed by atoms with van der Waals surface area (Å²) in [5.74, 6) is 0.149. The van der Waals surface area contributed by atoms with Gasteiger partial charge in [-0.1, -0.05) is 34.1 Å². The van der Waals surface area contributed by atoms with Crippen molar-refractivity contribution in [2.24, 2.45) is 0 Å². The topological polar surface area (TPSA) is 20.3 Å². The van der Waals surface area contributed by atoms with Crippen LogP contribution in [0.2, 0.25) is 0 Å². The third-order valence-corrected chi connectivity index (χ3v) is 4.56. The van der Waals surface area contributed by atoms with Gasteiger partial charge in [0.2, 0.25) is 5.91 Å². The van der Waals surface area contributed by atoms with Crippen molar-refractivity contribution in [1.82, 2.24) is 4.90 Å². The number of alkyl halides is 3. The Bertz CT molecular complexity index is 458. The molecule has 0 radical (unpaired) electrons. The molecular formula is C13H14BrF2NOS. The molecule has 1 aromatic rings. The molecule has 1 unspecified atom stereocenters. The van der Waals surface area contributed by atoms with Gasteiger partial charge in [-0.05, 0) is 11.6 Å². The van der Waals surface area contributed by atoms with Crippen molar-refractivity contribution in [1.29, 1.82) is 0 Å². The number of nitrogens with zero attached hydrogens (tertiary/aromatic N) is 1. The van der Waals surface area contributed by atoms with E-state index in [4.69, 9.17) is 0 Å². The van der Waals surface area contributed by atoms with Crippen LogP contribution in [0.15, 0.2) is 29.2 Å². The average molecular weight is 350 g/mol. The molecule has 0 N–H and O–H groups in total. The van der Waals surface area contributed by atoms with E-state index in [-0.39, 0.29) is 11.8 Å². The minimum Gasteiger partial charge on any atom is -0.336 e. The predicted molar refractivity (Wildman–Crippen MR) is 76.3 cm³/mol. The maximum atomic E-state index is 12.5. The van der Waals surface area contributed by atoms with E-state index in [1.807, 2.05) is 24.3 Å². The third-order valence-electron chi connectivity index (χ3n) is 3.02. The van der Waals surface area contributed by atoms with Crippen molar-refractivity contribution < 1.29 is 13.6 Å². The molecule has 1 heterocycles. The number of carbonyl (C=O) groups is 1. The summed E-state index contributed by atoms with van der Waals surface area (Å²) in [5.41, 5.74) is 0.964. The lowest BCUT2D eigenvalue weighted by molar-refractivity contribution is -0.133. The summed E-state index contributed by atoms with van der Waals surface area (Å²) in [6.07, 6.45) is -2.49. The van der Waals surface area contributed by atoms with E-state index in [9.17, 15) is 13.6 Å². The normalized spacial score (nSPS) is 17.6. The summed E-state index contributed by atoms with van der Waals surface area (Å²) in [5, 5.41) is 0.507. The second kappa shape index (κ2) is 6.70. The fourth-order valence-electron chi connectivity index (χ4n) is 2.15. The molecule has 1 aliphatic rings. The van der Waals surface area contributed by atoms with E-state index >= 15 is 0 Å². The van der Waals surface area contributed by atoms with E-state index in [0.717, 1.165) is 10.5 Å². The molecule has 2 nitrogen and oxygen atoms in total. The van der Waals surface area contributed by atoms with Crippen LogP contribution in [0, 0.1) is 0 Å². The highest BCUT2D eigenvalue weighted by molar-refractivity contribution is 9.09. The average Bonchev–Trinajstić information content (AvgIpc) is 2.80. The SMILES string of the molecule is O=C(C1CSc2ccccc21)N(CCBr)CC(F)F. The van der Waals surface area contributed by atoms with Crippen LogP contribution >= 0.6 is 27.7 Å². The Morgan fingerprint density at radius 1 is 1.47 bits per heavy atom. The number of halogens is 3. The van der Waals surface area contributed by atoms with E-state index in [0.29, 0.717) is 17.6 Å². The van der Waals surface area contributed by atoms with E-state index in [1.54, 1.807) is 11.8 Å². The lowest BCUT2D eigenvalue weighted by Gasteiger charge is -2.24. The Balaban J connectivity index is 2.14. The lowest BCUT2D eigenvalue weighted by Crippen LogP contribution is -2.39. The predicted octanol–water partition coefficient (Wildman–Crippen LogP) is 3.36. The molecule has 1 atom stereocenters. The Labute approximate surface area is 123 Å². The number of rotatable bonds is 5. The second-order valence-corrected chi connectivity index (χ2v) is 6.12. The summed E-state index contributed by atoms with van der Waals surface area (Å²) in [6, 6.07) is 7.68. The summed E-state index contributed by atoms with van der Waals surface area (Å²) in [7, 11) is 0. The number of thioether (sulfide) groups is 1. The van der Waals surface area contributed by atoms with Crippen LogP contribution < -0.4 is 0 Å². The van der Waals surface area contributed by atoms with Crippen molar-refractivity contribution in [3.05, 3.63) is 29.8 Å². The molecule has 0 saturated heterocycles. The summed E-state index contributed by atoms with van der Waals surface area (Å²) < 4.78 is 25.1. The highest BCUT2D eigenvalue weighted by Crippen LogP contribution is 2.40. The smallest absolute Gasteiger partial charge is 0.255 e. The van der Waals surface area contributed by atoms with Crippen molar-refractivity contribution in [3.63, 3.8) is 0 Å². The largest absolute Gasteiger partial charge is 0.336 e. The van der Waals surface area contributed by atoms with Gasteiger partial charge in [0.05, 0.1) is 12.5 Å². The van der Waals surface area contributed by atoms with Gasteiger partial charge in [-0.3, -0.25) is 4.79 Å². The molecule has 0 fully saturated rings. The fourth-order valence-corrected chi connectivity index (χ4v) is 3.80. The number of carbonyl (C=O) groups excluding carboxylic acids is 1.